The average Bonchev–Trinajstić information content (AvgIpc) is 3.01. The minimum Gasteiger partial charge on any atom is -0.401 e. The monoisotopic (exact) mass is 420 g/mol. The average molecular weight is 421 g/mol. The SMILES string of the molecule is CC(C)(C)[Si](C)(C)O[C@](C)(C#C[C@H]1[C@@H]2CC3(OCCO3)[C@@H]2CC[C@@H]1O)C1CCC1. The van der Waals surface area contributed by atoms with Crippen molar-refractivity contribution in [3.63, 3.8) is 0 Å². The third kappa shape index (κ3) is 3.74. The summed E-state index contributed by atoms with van der Waals surface area (Å²) >= 11 is 0. The molecule has 0 radical (unpaired) electrons. The number of aliphatic hydroxyl groups excluding tert-OH is 1. The third-order valence-corrected chi connectivity index (χ3v) is 13.2. The van der Waals surface area contributed by atoms with Crippen molar-refractivity contribution in [1.82, 2.24) is 0 Å². The lowest BCUT2D eigenvalue weighted by Crippen LogP contribution is -2.60. The highest BCUT2D eigenvalue weighted by atomic mass is 28.4. The van der Waals surface area contributed by atoms with E-state index in [2.05, 4.69) is 52.6 Å². The van der Waals surface area contributed by atoms with Gasteiger partial charge in [0.05, 0.1) is 19.3 Å². The normalized spacial score (nSPS) is 36.4. The summed E-state index contributed by atoms with van der Waals surface area (Å²) in [4.78, 5) is 0. The van der Waals surface area contributed by atoms with Crippen LogP contribution in [0.25, 0.3) is 0 Å². The maximum atomic E-state index is 10.8. The Morgan fingerprint density at radius 2 is 1.69 bits per heavy atom. The lowest BCUT2D eigenvalue weighted by molar-refractivity contribution is -0.296. The zero-order chi connectivity index (χ0) is 21.1. The van der Waals surface area contributed by atoms with Crippen LogP contribution in [0.5, 0.6) is 0 Å². The van der Waals surface area contributed by atoms with E-state index in [9.17, 15) is 5.11 Å². The highest BCUT2D eigenvalue weighted by Gasteiger charge is 2.62. The molecule has 0 unspecified atom stereocenters. The van der Waals surface area contributed by atoms with Gasteiger partial charge in [0.1, 0.15) is 5.60 Å². The van der Waals surface area contributed by atoms with E-state index >= 15 is 0 Å². The van der Waals surface area contributed by atoms with E-state index < -0.39 is 13.9 Å². The standard InChI is InChI=1S/C24H40O4Si/c1-22(2,3)29(5,6)28-23(4,17-8-7-9-17)13-12-18-19-16-24(26-14-15-27-24)20(19)10-11-21(18)25/h17-21,25H,7-11,14-16H2,1-6H3/t18-,19-,20+,21-,23+/m0/s1. The van der Waals surface area contributed by atoms with Crippen LogP contribution in [0.1, 0.15) is 66.2 Å². The minimum atomic E-state index is -1.94. The highest BCUT2D eigenvalue weighted by Crippen LogP contribution is 2.58. The summed E-state index contributed by atoms with van der Waals surface area (Å²) < 4.78 is 18.9. The molecule has 1 saturated heterocycles. The van der Waals surface area contributed by atoms with Crippen molar-refractivity contribution in [2.24, 2.45) is 23.7 Å². The summed E-state index contributed by atoms with van der Waals surface area (Å²) in [5.41, 5.74) is -0.407. The van der Waals surface area contributed by atoms with Crippen LogP contribution in [0.4, 0.5) is 0 Å². The highest BCUT2D eigenvalue weighted by molar-refractivity contribution is 6.74. The molecule has 164 valence electrons. The quantitative estimate of drug-likeness (QED) is 0.530. The van der Waals surface area contributed by atoms with Gasteiger partial charge in [0.2, 0.25) is 0 Å². The largest absolute Gasteiger partial charge is 0.401 e. The Kier molecular flexibility index (Phi) is 5.53. The van der Waals surface area contributed by atoms with Crippen LogP contribution in [-0.4, -0.2) is 44.1 Å². The topological polar surface area (TPSA) is 47.9 Å². The molecule has 5 atom stereocenters. The summed E-state index contributed by atoms with van der Waals surface area (Å²) in [7, 11) is -1.94. The first-order chi connectivity index (χ1) is 13.5. The Labute approximate surface area is 178 Å². The molecule has 1 N–H and O–H groups in total. The van der Waals surface area contributed by atoms with Gasteiger partial charge in [-0.15, -0.1) is 0 Å². The van der Waals surface area contributed by atoms with Gasteiger partial charge in [0.25, 0.3) is 0 Å². The van der Waals surface area contributed by atoms with E-state index in [0.717, 1.165) is 19.3 Å². The number of aliphatic hydroxyl groups is 1. The second kappa shape index (κ2) is 7.34. The van der Waals surface area contributed by atoms with Crippen LogP contribution in [0.2, 0.25) is 18.1 Å². The molecule has 4 rings (SSSR count). The van der Waals surface area contributed by atoms with Crippen LogP contribution in [0.3, 0.4) is 0 Å². The summed E-state index contributed by atoms with van der Waals surface area (Å²) in [6.07, 6.45) is 5.96. The summed E-state index contributed by atoms with van der Waals surface area (Å²) in [5.74, 6) is 8.07. The van der Waals surface area contributed by atoms with E-state index in [1.165, 1.54) is 19.3 Å². The first-order valence-corrected chi connectivity index (χ1v) is 14.6. The predicted molar refractivity (Wildman–Crippen MR) is 117 cm³/mol. The lowest BCUT2D eigenvalue weighted by atomic mass is 9.56. The molecule has 3 aliphatic carbocycles. The van der Waals surface area contributed by atoms with Crippen LogP contribution >= 0.6 is 0 Å². The van der Waals surface area contributed by atoms with Gasteiger partial charge in [-0.1, -0.05) is 39.0 Å². The van der Waals surface area contributed by atoms with Crippen molar-refractivity contribution < 1.29 is 19.0 Å². The molecule has 4 nitrogen and oxygen atoms in total. The zero-order valence-electron chi connectivity index (χ0n) is 19.2. The maximum absolute atomic E-state index is 10.8. The first-order valence-electron chi connectivity index (χ1n) is 11.7. The van der Waals surface area contributed by atoms with Crippen molar-refractivity contribution in [3.05, 3.63) is 0 Å². The second-order valence-electron chi connectivity index (χ2n) is 11.5. The Morgan fingerprint density at radius 1 is 1.03 bits per heavy atom. The number of fused-ring (bicyclic) bond motifs is 2. The van der Waals surface area contributed by atoms with Gasteiger partial charge in [-0.3, -0.25) is 0 Å². The van der Waals surface area contributed by atoms with Gasteiger partial charge >= 0.3 is 0 Å². The predicted octanol–water partition coefficient (Wildman–Crippen LogP) is 4.72. The molecule has 0 aromatic carbocycles. The smallest absolute Gasteiger partial charge is 0.194 e. The lowest BCUT2D eigenvalue weighted by Gasteiger charge is -2.56. The van der Waals surface area contributed by atoms with E-state index in [1.807, 2.05) is 0 Å². The van der Waals surface area contributed by atoms with Gasteiger partial charge in [-0.2, -0.15) is 0 Å². The van der Waals surface area contributed by atoms with Gasteiger partial charge < -0.3 is 19.0 Å². The van der Waals surface area contributed by atoms with Crippen molar-refractivity contribution in [2.75, 3.05) is 13.2 Å². The Morgan fingerprint density at radius 3 is 2.24 bits per heavy atom. The maximum Gasteiger partial charge on any atom is 0.194 e. The minimum absolute atomic E-state index is 0.00888. The molecule has 3 saturated carbocycles. The fraction of sp³-hybridized carbons (Fsp3) is 0.917. The Hall–Kier alpha value is -0.383. The molecule has 0 aromatic heterocycles. The van der Waals surface area contributed by atoms with E-state index in [0.29, 0.717) is 31.0 Å². The third-order valence-electron chi connectivity index (χ3n) is 8.67. The molecule has 0 amide bonds. The molecular formula is C24H40O4Si. The number of hydrogen-bond donors (Lipinski definition) is 1. The fourth-order valence-electron chi connectivity index (χ4n) is 5.50. The molecule has 29 heavy (non-hydrogen) atoms. The summed E-state index contributed by atoms with van der Waals surface area (Å²) in [6.45, 7) is 15.1. The summed E-state index contributed by atoms with van der Waals surface area (Å²) in [5, 5.41) is 10.9. The van der Waals surface area contributed by atoms with Gasteiger partial charge in [-0.05, 0) is 62.6 Å². The molecule has 1 aliphatic heterocycles. The van der Waals surface area contributed by atoms with Crippen LogP contribution < -0.4 is 0 Å². The molecule has 0 bridgehead atoms. The molecule has 1 heterocycles. The summed E-state index contributed by atoms with van der Waals surface area (Å²) in [6, 6.07) is 0. The zero-order valence-corrected chi connectivity index (χ0v) is 20.2. The van der Waals surface area contributed by atoms with Crippen molar-refractivity contribution in [2.45, 2.75) is 102 Å². The van der Waals surface area contributed by atoms with Crippen molar-refractivity contribution >= 4 is 8.32 Å². The number of ether oxygens (including phenoxy) is 2. The molecule has 0 aromatic rings. The van der Waals surface area contributed by atoms with E-state index in [4.69, 9.17) is 13.9 Å². The van der Waals surface area contributed by atoms with Gasteiger partial charge in [0.15, 0.2) is 14.1 Å². The molecule has 1 spiro atoms. The van der Waals surface area contributed by atoms with Crippen molar-refractivity contribution in [3.8, 4) is 11.8 Å². The van der Waals surface area contributed by atoms with E-state index in [-0.39, 0.29) is 22.8 Å². The molecule has 4 aliphatic rings. The fourth-order valence-corrected chi connectivity index (χ4v) is 7.08. The number of rotatable bonds is 3. The first kappa shape index (κ1) is 21.8. The van der Waals surface area contributed by atoms with Gasteiger partial charge in [0, 0.05) is 18.3 Å². The Balaban J connectivity index is 1.55. The Bertz CT molecular complexity index is 677. The molecule has 5 heteroatoms. The second-order valence-corrected chi connectivity index (χ2v) is 16.2. The number of hydrogen-bond acceptors (Lipinski definition) is 4. The van der Waals surface area contributed by atoms with Crippen LogP contribution in [0.15, 0.2) is 0 Å². The van der Waals surface area contributed by atoms with Crippen LogP contribution in [0, 0.1) is 35.5 Å². The van der Waals surface area contributed by atoms with Crippen LogP contribution in [-0.2, 0) is 13.9 Å². The molecular weight excluding hydrogens is 380 g/mol. The van der Waals surface area contributed by atoms with E-state index in [1.54, 1.807) is 0 Å². The van der Waals surface area contributed by atoms with Crippen molar-refractivity contribution in [1.29, 1.82) is 0 Å². The van der Waals surface area contributed by atoms with Gasteiger partial charge in [-0.25, -0.2) is 0 Å². The molecule has 4 fully saturated rings.